The van der Waals surface area contributed by atoms with Gasteiger partial charge in [-0.3, -0.25) is 9.59 Å². The monoisotopic (exact) mass is 333 g/mol. The quantitative estimate of drug-likeness (QED) is 0.455. The van der Waals surface area contributed by atoms with Crippen LogP contribution in [0.1, 0.15) is 43.6 Å². The average molecular weight is 333 g/mol. The summed E-state index contributed by atoms with van der Waals surface area (Å²) in [7, 11) is 0. The Labute approximate surface area is 143 Å². The van der Waals surface area contributed by atoms with Gasteiger partial charge in [-0.25, -0.2) is 4.99 Å². The molecule has 0 aliphatic rings. The van der Waals surface area contributed by atoms with Gasteiger partial charge in [0.1, 0.15) is 0 Å². The van der Waals surface area contributed by atoms with E-state index in [2.05, 4.69) is 20.9 Å². The van der Waals surface area contributed by atoms with Gasteiger partial charge in [-0.1, -0.05) is 12.1 Å². The van der Waals surface area contributed by atoms with Crippen molar-refractivity contribution in [3.05, 3.63) is 35.4 Å². The molecule has 0 fully saturated rings. The van der Waals surface area contributed by atoms with E-state index in [1.165, 1.54) is 0 Å². The third-order valence-corrected chi connectivity index (χ3v) is 2.93. The van der Waals surface area contributed by atoms with E-state index in [1.807, 2.05) is 27.7 Å². The summed E-state index contributed by atoms with van der Waals surface area (Å²) in [5, 5.41) is 8.96. The molecule has 0 aromatic heterocycles. The van der Waals surface area contributed by atoms with E-state index in [1.54, 1.807) is 24.3 Å². The van der Waals surface area contributed by atoms with Crippen molar-refractivity contribution in [2.75, 3.05) is 13.1 Å². The molecule has 132 valence electrons. The van der Waals surface area contributed by atoms with Crippen LogP contribution in [0, 0.1) is 0 Å². The number of aliphatic imine (C=N–C) groups is 1. The van der Waals surface area contributed by atoms with Crippen molar-refractivity contribution in [2.24, 2.45) is 10.7 Å². The molecule has 0 saturated carbocycles. The number of primary amides is 1. The second-order valence-corrected chi connectivity index (χ2v) is 6.41. The molecule has 0 bridgehead atoms. The van der Waals surface area contributed by atoms with Gasteiger partial charge in [0.15, 0.2) is 5.96 Å². The minimum absolute atomic E-state index is 0.0982. The first kappa shape index (κ1) is 19.5. The van der Waals surface area contributed by atoms with Crippen LogP contribution in [-0.4, -0.2) is 36.4 Å². The summed E-state index contributed by atoms with van der Waals surface area (Å²) in [5.74, 6) is 0.00404. The molecule has 0 aliphatic carbocycles. The van der Waals surface area contributed by atoms with Gasteiger partial charge in [0.25, 0.3) is 0 Å². The summed E-state index contributed by atoms with van der Waals surface area (Å²) < 4.78 is 0. The summed E-state index contributed by atoms with van der Waals surface area (Å²) in [4.78, 5) is 27.3. The Kier molecular flexibility index (Phi) is 7.23. The van der Waals surface area contributed by atoms with Crippen LogP contribution in [0.15, 0.2) is 29.3 Å². The first-order chi connectivity index (χ1) is 11.2. The fourth-order valence-electron chi connectivity index (χ4n) is 1.91. The molecular formula is C17H27N5O2. The molecule has 0 heterocycles. The van der Waals surface area contributed by atoms with Crippen molar-refractivity contribution >= 4 is 17.8 Å². The van der Waals surface area contributed by atoms with Gasteiger partial charge < -0.3 is 21.7 Å². The highest BCUT2D eigenvalue weighted by Crippen LogP contribution is 2.05. The number of carbonyl (C=O) groups excluding carboxylic acids is 2. The molecule has 2 amide bonds. The number of nitrogens with one attached hydrogen (secondary N) is 3. The molecule has 0 radical (unpaired) electrons. The Morgan fingerprint density at radius 3 is 2.25 bits per heavy atom. The van der Waals surface area contributed by atoms with Gasteiger partial charge in [-0.15, -0.1) is 0 Å². The van der Waals surface area contributed by atoms with E-state index in [9.17, 15) is 9.59 Å². The largest absolute Gasteiger partial charge is 0.366 e. The zero-order valence-corrected chi connectivity index (χ0v) is 14.8. The molecule has 24 heavy (non-hydrogen) atoms. The molecule has 7 nitrogen and oxygen atoms in total. The van der Waals surface area contributed by atoms with E-state index < -0.39 is 5.91 Å². The lowest BCUT2D eigenvalue weighted by Crippen LogP contribution is -2.48. The summed E-state index contributed by atoms with van der Waals surface area (Å²) in [5.41, 5.74) is 6.35. The number of rotatable bonds is 6. The highest BCUT2D eigenvalue weighted by molar-refractivity contribution is 5.92. The number of benzene rings is 1. The van der Waals surface area contributed by atoms with Crippen LogP contribution in [0.3, 0.4) is 0 Å². The number of guanidine groups is 1. The predicted molar refractivity (Wildman–Crippen MR) is 95.7 cm³/mol. The predicted octanol–water partition coefficient (Wildman–Crippen LogP) is 0.755. The van der Waals surface area contributed by atoms with Gasteiger partial charge >= 0.3 is 0 Å². The minimum atomic E-state index is -0.454. The number of hydrogen-bond acceptors (Lipinski definition) is 3. The summed E-state index contributed by atoms with van der Waals surface area (Å²) in [6.45, 7) is 9.00. The van der Waals surface area contributed by atoms with E-state index in [0.29, 0.717) is 24.6 Å². The van der Waals surface area contributed by atoms with Crippen LogP contribution in [0.25, 0.3) is 0 Å². The number of carbonyl (C=O) groups is 2. The normalized spacial score (nSPS) is 11.8. The van der Waals surface area contributed by atoms with E-state index >= 15 is 0 Å². The van der Waals surface area contributed by atoms with Crippen molar-refractivity contribution in [3.63, 3.8) is 0 Å². The molecule has 0 atom stereocenters. The smallest absolute Gasteiger partial charge is 0.248 e. The van der Waals surface area contributed by atoms with E-state index in [0.717, 1.165) is 5.56 Å². The van der Waals surface area contributed by atoms with Crippen LogP contribution >= 0.6 is 0 Å². The van der Waals surface area contributed by atoms with Gasteiger partial charge in [0.2, 0.25) is 11.8 Å². The maximum atomic E-state index is 11.8. The molecule has 1 rings (SSSR count). The lowest BCUT2D eigenvalue weighted by molar-refractivity contribution is -0.121. The molecule has 0 spiro atoms. The molecular weight excluding hydrogens is 306 g/mol. The Hall–Kier alpha value is -2.57. The summed E-state index contributed by atoms with van der Waals surface area (Å²) in [6.07, 6.45) is 0. The van der Waals surface area contributed by atoms with Crippen molar-refractivity contribution < 1.29 is 9.59 Å². The van der Waals surface area contributed by atoms with Crippen LogP contribution in [0.2, 0.25) is 0 Å². The first-order valence-corrected chi connectivity index (χ1v) is 7.93. The molecule has 1 aromatic carbocycles. The highest BCUT2D eigenvalue weighted by Gasteiger charge is 2.13. The Bertz CT molecular complexity index is 588. The number of amides is 2. The zero-order valence-electron chi connectivity index (χ0n) is 14.8. The maximum Gasteiger partial charge on any atom is 0.248 e. The number of hydrogen-bond donors (Lipinski definition) is 4. The molecule has 0 saturated heterocycles. The van der Waals surface area contributed by atoms with Gasteiger partial charge in [-0.2, -0.15) is 0 Å². The standard InChI is InChI=1S/C17H27N5O2/c1-5-19-16(21-11-14(23)22-17(2,3)4)20-10-12-6-8-13(9-7-12)15(18)24/h6-9H,5,10-11H2,1-4H3,(H2,18,24)(H,22,23)(H2,19,20,21). The van der Waals surface area contributed by atoms with Crippen molar-refractivity contribution in [2.45, 2.75) is 39.8 Å². The summed E-state index contributed by atoms with van der Waals surface area (Å²) in [6, 6.07) is 6.95. The van der Waals surface area contributed by atoms with Crippen molar-refractivity contribution in [1.29, 1.82) is 0 Å². The zero-order chi connectivity index (χ0) is 18.2. The average Bonchev–Trinajstić information content (AvgIpc) is 2.48. The fraction of sp³-hybridized carbons (Fsp3) is 0.471. The number of nitrogens with two attached hydrogens (primary N) is 1. The Morgan fingerprint density at radius 1 is 1.12 bits per heavy atom. The third kappa shape index (κ3) is 7.62. The maximum absolute atomic E-state index is 11.8. The van der Waals surface area contributed by atoms with Crippen molar-refractivity contribution in [1.82, 2.24) is 16.0 Å². The lowest BCUT2D eigenvalue weighted by Gasteiger charge is -2.21. The van der Waals surface area contributed by atoms with E-state index in [4.69, 9.17) is 5.73 Å². The third-order valence-electron chi connectivity index (χ3n) is 2.93. The van der Waals surface area contributed by atoms with Gasteiger partial charge in [0.05, 0.1) is 13.1 Å². The van der Waals surface area contributed by atoms with Crippen LogP contribution in [0.4, 0.5) is 0 Å². The van der Waals surface area contributed by atoms with Gasteiger partial charge in [0, 0.05) is 17.6 Å². The topological polar surface area (TPSA) is 109 Å². The molecule has 5 N–H and O–H groups in total. The molecule has 7 heteroatoms. The fourth-order valence-corrected chi connectivity index (χ4v) is 1.91. The summed E-state index contributed by atoms with van der Waals surface area (Å²) >= 11 is 0. The molecule has 0 aliphatic heterocycles. The Morgan fingerprint density at radius 2 is 1.75 bits per heavy atom. The first-order valence-electron chi connectivity index (χ1n) is 7.93. The van der Waals surface area contributed by atoms with Gasteiger partial charge in [-0.05, 0) is 45.4 Å². The second-order valence-electron chi connectivity index (χ2n) is 6.41. The van der Waals surface area contributed by atoms with Crippen molar-refractivity contribution in [3.8, 4) is 0 Å². The number of nitrogens with zero attached hydrogens (tertiary/aromatic N) is 1. The minimum Gasteiger partial charge on any atom is -0.366 e. The Balaban J connectivity index is 2.61. The lowest BCUT2D eigenvalue weighted by atomic mass is 10.1. The van der Waals surface area contributed by atoms with Crippen LogP contribution < -0.4 is 21.7 Å². The molecule has 1 aromatic rings. The second kappa shape index (κ2) is 8.90. The SMILES string of the molecule is CCNC(=NCc1ccc(C(N)=O)cc1)NCC(=O)NC(C)(C)C. The highest BCUT2D eigenvalue weighted by atomic mass is 16.2. The molecule has 0 unspecified atom stereocenters. The van der Waals surface area contributed by atoms with Crippen LogP contribution in [-0.2, 0) is 11.3 Å². The van der Waals surface area contributed by atoms with Crippen LogP contribution in [0.5, 0.6) is 0 Å². The van der Waals surface area contributed by atoms with E-state index in [-0.39, 0.29) is 18.0 Å².